The Morgan fingerprint density at radius 2 is 1.45 bits per heavy atom. The number of hydrogen-bond acceptors (Lipinski definition) is 7. The van der Waals surface area contributed by atoms with Crippen LogP contribution < -0.4 is 14.2 Å². The summed E-state index contributed by atoms with van der Waals surface area (Å²) in [6.45, 7) is 3.71. The molecule has 8 nitrogen and oxygen atoms in total. The molecule has 0 aliphatic heterocycles. The van der Waals surface area contributed by atoms with Crippen LogP contribution in [0.5, 0.6) is 17.2 Å². The van der Waals surface area contributed by atoms with Crippen LogP contribution in [0.25, 0.3) is 0 Å². The zero-order chi connectivity index (χ0) is 21.7. The normalized spacial score (nSPS) is 12.0. The predicted molar refractivity (Wildman–Crippen MR) is 109 cm³/mol. The van der Waals surface area contributed by atoms with Crippen molar-refractivity contribution in [3.63, 3.8) is 0 Å². The molecule has 2 aromatic carbocycles. The van der Waals surface area contributed by atoms with Gasteiger partial charge in [-0.1, -0.05) is 10.6 Å². The first-order chi connectivity index (χ1) is 13.7. The van der Waals surface area contributed by atoms with Gasteiger partial charge in [0, 0.05) is 12.6 Å². The molecule has 0 bridgehead atoms. The highest BCUT2D eigenvalue weighted by Crippen LogP contribution is 2.33. The van der Waals surface area contributed by atoms with E-state index in [4.69, 9.17) is 14.2 Å². The summed E-state index contributed by atoms with van der Waals surface area (Å²) in [6, 6.07) is 9.80. The van der Waals surface area contributed by atoms with Gasteiger partial charge in [-0.3, -0.25) is 0 Å². The third kappa shape index (κ3) is 4.82. The van der Waals surface area contributed by atoms with E-state index in [-0.39, 0.29) is 27.8 Å². The predicted octanol–water partition coefficient (Wildman–Crippen LogP) is 2.89. The minimum Gasteiger partial charge on any atom is -0.497 e. The van der Waals surface area contributed by atoms with Crippen LogP contribution in [0.15, 0.2) is 52.3 Å². The van der Waals surface area contributed by atoms with Crippen LogP contribution in [0.3, 0.4) is 0 Å². The Morgan fingerprint density at radius 3 is 1.97 bits per heavy atom. The molecule has 10 heteroatoms. The zero-order valence-corrected chi connectivity index (χ0v) is 18.4. The van der Waals surface area contributed by atoms with Gasteiger partial charge in [-0.25, -0.2) is 16.8 Å². The Hall–Kier alpha value is -2.30. The quantitative estimate of drug-likeness (QED) is 0.557. The van der Waals surface area contributed by atoms with Crippen LogP contribution in [0.2, 0.25) is 0 Å². The van der Waals surface area contributed by atoms with Gasteiger partial charge in [0.15, 0.2) is 0 Å². The van der Waals surface area contributed by atoms with Crippen molar-refractivity contribution in [3.8, 4) is 17.2 Å². The molecule has 0 radical (unpaired) electrons. The van der Waals surface area contributed by atoms with E-state index >= 15 is 0 Å². The van der Waals surface area contributed by atoms with Gasteiger partial charge in [-0.15, -0.1) is 0 Å². The summed E-state index contributed by atoms with van der Waals surface area (Å²) >= 11 is 0. The van der Waals surface area contributed by atoms with Crippen molar-refractivity contribution in [2.24, 2.45) is 0 Å². The summed E-state index contributed by atoms with van der Waals surface area (Å²) in [6.07, 6.45) is 0.293. The van der Waals surface area contributed by atoms with Gasteiger partial charge >= 0.3 is 0 Å². The second-order valence-electron chi connectivity index (χ2n) is 5.93. The molecule has 0 N–H and O–H groups in total. The number of methoxy groups -OCH3 is 2. The van der Waals surface area contributed by atoms with Gasteiger partial charge < -0.3 is 14.2 Å². The lowest BCUT2D eigenvalue weighted by Gasteiger charge is -2.23. The molecule has 0 aliphatic rings. The van der Waals surface area contributed by atoms with Gasteiger partial charge in [0.05, 0.1) is 25.7 Å². The Labute approximate surface area is 172 Å². The lowest BCUT2D eigenvalue weighted by molar-refractivity contribution is 0.340. The number of benzene rings is 2. The first kappa shape index (κ1) is 23.0. The molecular weight excluding hydrogens is 418 g/mol. The van der Waals surface area contributed by atoms with E-state index in [0.717, 1.165) is 0 Å². The van der Waals surface area contributed by atoms with Crippen molar-refractivity contribution >= 4 is 20.0 Å². The molecule has 0 heterocycles. The van der Waals surface area contributed by atoms with E-state index in [0.29, 0.717) is 22.5 Å². The summed E-state index contributed by atoms with van der Waals surface area (Å²) in [7, 11) is -6.11. The van der Waals surface area contributed by atoms with Gasteiger partial charge in [0.25, 0.3) is 20.0 Å². The monoisotopic (exact) mass is 443 g/mol. The van der Waals surface area contributed by atoms with Crippen molar-refractivity contribution in [1.82, 2.24) is 3.71 Å². The third-order valence-electron chi connectivity index (χ3n) is 4.02. The minimum atomic E-state index is -4.46. The van der Waals surface area contributed by atoms with Crippen molar-refractivity contribution in [2.75, 3.05) is 27.4 Å². The zero-order valence-electron chi connectivity index (χ0n) is 16.8. The van der Waals surface area contributed by atoms with E-state index in [2.05, 4.69) is 0 Å². The van der Waals surface area contributed by atoms with E-state index in [1.807, 2.05) is 6.92 Å². The number of ether oxygens (including phenoxy) is 3. The Morgan fingerprint density at radius 1 is 0.828 bits per heavy atom. The summed E-state index contributed by atoms with van der Waals surface area (Å²) in [4.78, 5) is -0.442. The number of hydrogen-bond donors (Lipinski definition) is 0. The molecule has 0 fully saturated rings. The summed E-state index contributed by atoms with van der Waals surface area (Å²) in [5.41, 5.74) is 0. The molecule has 0 saturated carbocycles. The molecular formula is C19H25NO7S2. The highest BCUT2D eigenvalue weighted by atomic mass is 32.3. The molecule has 0 amide bonds. The maximum absolute atomic E-state index is 13.3. The molecule has 2 rings (SSSR count). The number of sulfonamides is 2. The molecule has 0 saturated heterocycles. The maximum Gasteiger partial charge on any atom is 0.260 e. The van der Waals surface area contributed by atoms with Crippen molar-refractivity contribution < 1.29 is 31.0 Å². The van der Waals surface area contributed by atoms with Crippen LogP contribution >= 0.6 is 0 Å². The fourth-order valence-corrected chi connectivity index (χ4v) is 6.62. The van der Waals surface area contributed by atoms with Crippen molar-refractivity contribution in [1.29, 1.82) is 0 Å². The average molecular weight is 444 g/mol. The Kier molecular flexibility index (Phi) is 7.50. The number of rotatable bonds is 10. The van der Waals surface area contributed by atoms with Crippen LogP contribution in [0, 0.1) is 0 Å². The molecule has 0 spiro atoms. The highest BCUT2D eigenvalue weighted by molar-refractivity contribution is 8.04. The summed E-state index contributed by atoms with van der Waals surface area (Å²) < 4.78 is 69.1. The van der Waals surface area contributed by atoms with E-state index in [1.165, 1.54) is 56.7 Å². The second-order valence-corrected chi connectivity index (χ2v) is 9.85. The molecule has 0 atom stereocenters. The third-order valence-corrected chi connectivity index (χ3v) is 8.38. The standard InChI is InChI=1S/C19H25NO7S2/c1-5-13-20(28(21,22)17-10-7-15(8-11-17)27-6-2)29(23,24)19-14-16(25-3)9-12-18(19)26-4/h7-12,14H,5-6,13H2,1-4H3. The van der Waals surface area contributed by atoms with Crippen LogP contribution in [-0.2, 0) is 20.0 Å². The van der Waals surface area contributed by atoms with E-state index < -0.39 is 20.0 Å². The lowest BCUT2D eigenvalue weighted by Crippen LogP contribution is -2.37. The number of nitrogens with zero attached hydrogens (tertiary/aromatic N) is 1. The van der Waals surface area contributed by atoms with Crippen molar-refractivity contribution in [2.45, 2.75) is 30.1 Å². The molecule has 0 aliphatic carbocycles. The average Bonchev–Trinajstić information content (AvgIpc) is 2.71. The summed E-state index contributed by atoms with van der Waals surface area (Å²) in [5, 5.41) is 0. The molecule has 160 valence electrons. The first-order valence-corrected chi connectivity index (χ1v) is 11.8. The fourth-order valence-electron chi connectivity index (χ4n) is 2.64. The smallest absolute Gasteiger partial charge is 0.260 e. The highest BCUT2D eigenvalue weighted by Gasteiger charge is 2.38. The lowest BCUT2D eigenvalue weighted by atomic mass is 10.3. The fraction of sp³-hybridized carbons (Fsp3) is 0.368. The van der Waals surface area contributed by atoms with Crippen LogP contribution in [0.1, 0.15) is 20.3 Å². The van der Waals surface area contributed by atoms with Gasteiger partial charge in [0.1, 0.15) is 22.1 Å². The van der Waals surface area contributed by atoms with Crippen LogP contribution in [-0.4, -0.2) is 47.9 Å². The molecule has 0 unspecified atom stereocenters. The van der Waals surface area contributed by atoms with E-state index in [1.54, 1.807) is 6.92 Å². The van der Waals surface area contributed by atoms with Gasteiger partial charge in [0.2, 0.25) is 0 Å². The SMILES string of the molecule is CCCN(S(=O)(=O)c1ccc(OCC)cc1)S(=O)(=O)c1cc(OC)ccc1OC. The molecule has 0 aromatic heterocycles. The first-order valence-electron chi connectivity index (χ1n) is 8.95. The van der Waals surface area contributed by atoms with Gasteiger partial charge in [-0.05, 0) is 49.7 Å². The molecule has 2 aromatic rings. The Balaban J connectivity index is 2.59. The summed E-state index contributed by atoms with van der Waals surface area (Å²) in [5.74, 6) is 0.777. The minimum absolute atomic E-state index is 0.0220. The van der Waals surface area contributed by atoms with E-state index in [9.17, 15) is 16.8 Å². The topological polar surface area (TPSA) is 99.2 Å². The maximum atomic E-state index is 13.3. The largest absolute Gasteiger partial charge is 0.497 e. The second kappa shape index (κ2) is 9.47. The van der Waals surface area contributed by atoms with Crippen LogP contribution in [0.4, 0.5) is 0 Å². The Bertz CT molecular complexity index is 1030. The molecule has 29 heavy (non-hydrogen) atoms. The van der Waals surface area contributed by atoms with Gasteiger partial charge in [-0.2, -0.15) is 0 Å². The van der Waals surface area contributed by atoms with Crippen molar-refractivity contribution in [3.05, 3.63) is 42.5 Å².